The summed E-state index contributed by atoms with van der Waals surface area (Å²) >= 11 is 0. The molecule has 2 heterocycles. The molecule has 2 amide bonds. The predicted molar refractivity (Wildman–Crippen MR) is 134 cm³/mol. The van der Waals surface area contributed by atoms with Gasteiger partial charge in [-0.2, -0.15) is 0 Å². The third kappa shape index (κ3) is 4.49. The van der Waals surface area contributed by atoms with Gasteiger partial charge in [0.2, 0.25) is 0 Å². The lowest BCUT2D eigenvalue weighted by Gasteiger charge is -2.33. The number of nitrogens with one attached hydrogen (secondary N) is 1. The first-order chi connectivity index (χ1) is 16.6. The summed E-state index contributed by atoms with van der Waals surface area (Å²) < 4.78 is 5.23. The molecule has 0 unspecified atom stereocenters. The lowest BCUT2D eigenvalue weighted by molar-refractivity contribution is 0.0793. The summed E-state index contributed by atoms with van der Waals surface area (Å²) in [5.41, 5.74) is 5.34. The molecule has 34 heavy (non-hydrogen) atoms. The Morgan fingerprint density at radius 3 is 2.47 bits per heavy atom. The van der Waals surface area contributed by atoms with Crippen LogP contribution in [0.1, 0.15) is 44.7 Å². The molecular weight excluding hydrogens is 426 g/mol. The molecular formula is C28H29N3O3. The van der Waals surface area contributed by atoms with Crippen molar-refractivity contribution >= 4 is 23.2 Å². The number of likely N-dealkylation sites (tertiary alicyclic amines) is 1. The Morgan fingerprint density at radius 2 is 1.68 bits per heavy atom. The number of nitrogens with zero attached hydrogens (tertiary/aromatic N) is 2. The number of ether oxygens (including phenoxy) is 1. The fraction of sp³-hybridized carbons (Fsp3) is 0.286. The van der Waals surface area contributed by atoms with Gasteiger partial charge in [-0.05, 0) is 66.8 Å². The molecule has 1 fully saturated rings. The van der Waals surface area contributed by atoms with Gasteiger partial charge in [0.15, 0.2) is 0 Å². The quantitative estimate of drug-likeness (QED) is 0.603. The number of anilines is 2. The van der Waals surface area contributed by atoms with E-state index >= 15 is 0 Å². The number of carbonyl (C=O) groups is 2. The predicted octanol–water partition coefficient (Wildman–Crippen LogP) is 4.75. The van der Waals surface area contributed by atoms with Crippen LogP contribution in [0.4, 0.5) is 11.4 Å². The van der Waals surface area contributed by atoms with Crippen LogP contribution in [-0.4, -0.2) is 43.5 Å². The number of hydrogen-bond donors (Lipinski definition) is 1. The van der Waals surface area contributed by atoms with Crippen molar-refractivity contribution in [3.63, 3.8) is 0 Å². The topological polar surface area (TPSA) is 61.9 Å². The van der Waals surface area contributed by atoms with E-state index in [9.17, 15) is 9.59 Å². The first-order valence-corrected chi connectivity index (χ1v) is 11.8. The van der Waals surface area contributed by atoms with Crippen LogP contribution in [0.15, 0.2) is 66.7 Å². The molecule has 1 saturated heterocycles. The molecule has 0 radical (unpaired) electrons. The molecule has 0 spiro atoms. The van der Waals surface area contributed by atoms with Crippen molar-refractivity contribution < 1.29 is 14.3 Å². The van der Waals surface area contributed by atoms with Crippen LogP contribution in [0.5, 0.6) is 5.75 Å². The third-order valence-electron chi connectivity index (χ3n) is 6.68. The summed E-state index contributed by atoms with van der Waals surface area (Å²) in [6.45, 7) is 3.18. The number of carbonyl (C=O) groups excluding carboxylic acids is 2. The Bertz CT molecular complexity index is 1220. The van der Waals surface area contributed by atoms with Gasteiger partial charge in [0.25, 0.3) is 11.8 Å². The molecule has 2 aliphatic heterocycles. The molecule has 6 nitrogen and oxygen atoms in total. The third-order valence-corrected chi connectivity index (χ3v) is 6.68. The number of amides is 2. The van der Waals surface area contributed by atoms with E-state index < -0.39 is 0 Å². The highest BCUT2D eigenvalue weighted by Gasteiger charge is 2.26. The maximum absolute atomic E-state index is 13.5. The van der Waals surface area contributed by atoms with Crippen molar-refractivity contribution in [2.45, 2.75) is 25.8 Å². The summed E-state index contributed by atoms with van der Waals surface area (Å²) in [5.74, 6) is 0.417. The van der Waals surface area contributed by atoms with E-state index in [1.807, 2.05) is 23.1 Å². The van der Waals surface area contributed by atoms with Gasteiger partial charge in [0.1, 0.15) is 5.75 Å². The highest BCUT2D eigenvalue weighted by Crippen LogP contribution is 2.31. The minimum atomic E-state index is -0.238. The van der Waals surface area contributed by atoms with E-state index in [-0.39, 0.29) is 11.8 Å². The average molecular weight is 456 g/mol. The maximum atomic E-state index is 13.5. The number of rotatable bonds is 5. The van der Waals surface area contributed by atoms with Gasteiger partial charge in [-0.25, -0.2) is 0 Å². The summed E-state index contributed by atoms with van der Waals surface area (Å²) in [7, 11) is 1.57. The highest BCUT2D eigenvalue weighted by atomic mass is 16.5. The molecule has 0 saturated carbocycles. The smallest absolute Gasteiger partial charge is 0.256 e. The molecule has 3 aromatic rings. The number of methoxy groups -OCH3 is 1. The van der Waals surface area contributed by atoms with Crippen LogP contribution in [0.3, 0.4) is 0 Å². The van der Waals surface area contributed by atoms with Crippen LogP contribution >= 0.6 is 0 Å². The molecule has 1 N–H and O–H groups in total. The van der Waals surface area contributed by atoms with Crippen LogP contribution in [0.2, 0.25) is 0 Å². The van der Waals surface area contributed by atoms with E-state index in [4.69, 9.17) is 4.74 Å². The molecule has 0 aromatic heterocycles. The first-order valence-electron chi connectivity index (χ1n) is 11.8. The average Bonchev–Trinajstić information content (AvgIpc) is 3.43. The molecule has 0 aliphatic carbocycles. The van der Waals surface area contributed by atoms with Crippen LogP contribution in [-0.2, 0) is 13.0 Å². The summed E-state index contributed by atoms with van der Waals surface area (Å²) in [4.78, 5) is 30.6. The molecule has 0 bridgehead atoms. The molecule has 0 atom stereocenters. The fourth-order valence-electron chi connectivity index (χ4n) is 4.82. The fourth-order valence-corrected chi connectivity index (χ4v) is 4.82. The van der Waals surface area contributed by atoms with Crippen molar-refractivity contribution in [2.75, 3.05) is 37.0 Å². The van der Waals surface area contributed by atoms with E-state index in [0.717, 1.165) is 51.1 Å². The maximum Gasteiger partial charge on any atom is 0.256 e. The highest BCUT2D eigenvalue weighted by molar-refractivity contribution is 6.06. The van der Waals surface area contributed by atoms with E-state index in [0.29, 0.717) is 22.6 Å². The van der Waals surface area contributed by atoms with Crippen molar-refractivity contribution in [3.8, 4) is 5.75 Å². The zero-order valence-corrected chi connectivity index (χ0v) is 19.4. The van der Waals surface area contributed by atoms with Crippen molar-refractivity contribution in [3.05, 3.63) is 89.0 Å². The largest absolute Gasteiger partial charge is 0.497 e. The van der Waals surface area contributed by atoms with Gasteiger partial charge in [0, 0.05) is 43.1 Å². The number of hydrogen-bond acceptors (Lipinski definition) is 4. The Labute approximate surface area is 200 Å². The monoisotopic (exact) mass is 455 g/mol. The summed E-state index contributed by atoms with van der Waals surface area (Å²) in [6.07, 6.45) is 3.01. The number of benzene rings is 3. The van der Waals surface area contributed by atoms with Gasteiger partial charge in [0.05, 0.1) is 12.7 Å². The van der Waals surface area contributed by atoms with Crippen molar-refractivity contribution in [1.29, 1.82) is 0 Å². The molecule has 6 heteroatoms. The van der Waals surface area contributed by atoms with Crippen LogP contribution < -0.4 is 15.0 Å². The van der Waals surface area contributed by atoms with Gasteiger partial charge in [-0.3, -0.25) is 9.59 Å². The van der Waals surface area contributed by atoms with Crippen molar-refractivity contribution in [2.24, 2.45) is 0 Å². The van der Waals surface area contributed by atoms with Crippen LogP contribution in [0.25, 0.3) is 0 Å². The Kier molecular flexibility index (Phi) is 6.21. The zero-order chi connectivity index (χ0) is 23.5. The molecule has 5 rings (SSSR count). The summed E-state index contributed by atoms with van der Waals surface area (Å²) in [6, 6.07) is 21.2. The Balaban J connectivity index is 1.45. The second-order valence-corrected chi connectivity index (χ2v) is 8.86. The zero-order valence-electron chi connectivity index (χ0n) is 19.4. The van der Waals surface area contributed by atoms with E-state index in [1.54, 1.807) is 31.4 Å². The van der Waals surface area contributed by atoms with E-state index in [1.165, 1.54) is 11.1 Å². The Hall–Kier alpha value is -3.80. The van der Waals surface area contributed by atoms with Crippen molar-refractivity contribution in [1.82, 2.24) is 4.90 Å². The first kappa shape index (κ1) is 22.0. The van der Waals surface area contributed by atoms with Gasteiger partial charge in [-0.15, -0.1) is 0 Å². The lowest BCUT2D eigenvalue weighted by Crippen LogP contribution is -2.34. The normalized spacial score (nSPS) is 15.1. The Morgan fingerprint density at radius 1 is 0.882 bits per heavy atom. The van der Waals surface area contributed by atoms with Gasteiger partial charge >= 0.3 is 0 Å². The minimum absolute atomic E-state index is 0.0313. The van der Waals surface area contributed by atoms with Gasteiger partial charge < -0.3 is 19.9 Å². The number of fused-ring (bicyclic) bond motifs is 1. The van der Waals surface area contributed by atoms with Crippen LogP contribution in [0, 0.1) is 0 Å². The van der Waals surface area contributed by atoms with E-state index in [2.05, 4.69) is 34.5 Å². The lowest BCUT2D eigenvalue weighted by atomic mass is 9.98. The van der Waals surface area contributed by atoms with Gasteiger partial charge in [-0.1, -0.05) is 30.3 Å². The molecule has 2 aliphatic rings. The SMILES string of the molecule is COc1cccc(C(=O)Nc2ccc(N3CCc4ccccc4C3)c(C(=O)N3CCCC3)c2)c1. The molecule has 174 valence electrons. The standard InChI is InChI=1S/C28H29N3O3/c1-34-24-10-6-9-21(17-24)27(32)29-23-11-12-26(25(18-23)28(33)30-14-4-5-15-30)31-16-13-20-7-2-3-8-22(20)19-31/h2-3,6-12,17-18H,4-5,13-16,19H2,1H3,(H,29,32). The second kappa shape index (κ2) is 9.59. The second-order valence-electron chi connectivity index (χ2n) is 8.86. The minimum Gasteiger partial charge on any atom is -0.497 e. The summed E-state index contributed by atoms with van der Waals surface area (Å²) in [5, 5.41) is 2.96. The molecule has 3 aromatic carbocycles.